The predicted octanol–water partition coefficient (Wildman–Crippen LogP) is 3.01. The number of sulfone groups is 1. The van der Waals surface area contributed by atoms with Gasteiger partial charge in [0.1, 0.15) is 11.2 Å². The van der Waals surface area contributed by atoms with E-state index in [0.29, 0.717) is 16.3 Å². The van der Waals surface area contributed by atoms with Gasteiger partial charge in [-0.1, -0.05) is 23.7 Å². The highest BCUT2D eigenvalue weighted by molar-refractivity contribution is 7.92. The van der Waals surface area contributed by atoms with E-state index in [2.05, 4.69) is 0 Å². The molecule has 8 heteroatoms. The van der Waals surface area contributed by atoms with E-state index in [0.717, 1.165) is 0 Å². The van der Waals surface area contributed by atoms with Gasteiger partial charge in [-0.25, -0.2) is 8.42 Å². The fraction of sp³-hybridized carbons (Fsp3) is 0.316. The Morgan fingerprint density at radius 2 is 1.70 bits per heavy atom. The Kier molecular flexibility index (Phi) is 5.20. The van der Waals surface area contributed by atoms with Crippen molar-refractivity contribution in [2.45, 2.75) is 16.1 Å². The lowest BCUT2D eigenvalue weighted by Crippen LogP contribution is -2.28. The summed E-state index contributed by atoms with van der Waals surface area (Å²) in [6, 6.07) is 12.5. The zero-order valence-corrected chi connectivity index (χ0v) is 16.3. The highest BCUT2D eigenvalue weighted by Crippen LogP contribution is 2.64. The van der Waals surface area contributed by atoms with E-state index in [1.54, 1.807) is 24.3 Å². The monoisotopic (exact) mass is 410 g/mol. The van der Waals surface area contributed by atoms with Crippen LogP contribution in [-0.4, -0.2) is 45.6 Å². The molecule has 0 saturated heterocycles. The molecule has 2 aromatic rings. The van der Waals surface area contributed by atoms with E-state index in [1.165, 1.54) is 38.5 Å². The maximum Gasteiger partial charge on any atom is 0.314 e. The zero-order chi connectivity index (χ0) is 19.8. The molecule has 3 atom stereocenters. The predicted molar refractivity (Wildman–Crippen MR) is 100 cm³/mol. The maximum atomic E-state index is 13.2. The normalized spacial score (nSPS) is 24.4. The zero-order valence-electron chi connectivity index (χ0n) is 14.8. The largest absolute Gasteiger partial charge is 0.497 e. The number of carbonyl (C=O) groups is 1. The van der Waals surface area contributed by atoms with Crippen LogP contribution in [0.2, 0.25) is 5.02 Å². The molecule has 144 valence electrons. The Morgan fingerprint density at radius 3 is 2.19 bits per heavy atom. The van der Waals surface area contributed by atoms with E-state index in [4.69, 9.17) is 21.1 Å². The van der Waals surface area contributed by atoms with E-state index < -0.39 is 32.4 Å². The van der Waals surface area contributed by atoms with Gasteiger partial charge in [-0.05, 0) is 42.0 Å². The quantitative estimate of drug-likeness (QED) is 0.754. The van der Waals surface area contributed by atoms with Crippen molar-refractivity contribution in [1.82, 2.24) is 0 Å². The lowest BCUT2D eigenvalue weighted by Gasteiger charge is -2.12. The van der Waals surface area contributed by atoms with Gasteiger partial charge < -0.3 is 14.6 Å². The van der Waals surface area contributed by atoms with Crippen molar-refractivity contribution in [3.05, 3.63) is 59.1 Å². The van der Waals surface area contributed by atoms with Gasteiger partial charge in [0.05, 0.1) is 23.9 Å². The standard InChI is InChI=1S/C19H19ClO6S/c1-25-11-19(18(21)22)16(12-3-7-14(26-2)8-4-12)17(19)27(23,24)15-9-5-13(20)6-10-15/h3-10,16-17H,11H2,1-2H3,(H,21,22)/t16-,17-,19+/m0/s1. The van der Waals surface area contributed by atoms with Crippen LogP contribution >= 0.6 is 11.6 Å². The molecule has 0 unspecified atom stereocenters. The van der Waals surface area contributed by atoms with E-state index >= 15 is 0 Å². The van der Waals surface area contributed by atoms with Crippen LogP contribution in [0.3, 0.4) is 0 Å². The molecule has 0 bridgehead atoms. The third-order valence-corrected chi connectivity index (χ3v) is 7.53. The summed E-state index contributed by atoms with van der Waals surface area (Å²) in [5.74, 6) is -1.33. The number of methoxy groups -OCH3 is 2. The molecule has 27 heavy (non-hydrogen) atoms. The summed E-state index contributed by atoms with van der Waals surface area (Å²) in [6.07, 6.45) is 0. The number of hydrogen-bond acceptors (Lipinski definition) is 5. The third-order valence-electron chi connectivity index (χ3n) is 4.99. The first-order valence-corrected chi connectivity index (χ1v) is 10.1. The fourth-order valence-electron chi connectivity index (χ4n) is 3.64. The fourth-order valence-corrected chi connectivity index (χ4v) is 6.13. The van der Waals surface area contributed by atoms with Gasteiger partial charge >= 0.3 is 5.97 Å². The van der Waals surface area contributed by atoms with Gasteiger partial charge in [-0.2, -0.15) is 0 Å². The number of benzene rings is 2. The number of rotatable bonds is 7. The van der Waals surface area contributed by atoms with Crippen molar-refractivity contribution in [2.24, 2.45) is 5.41 Å². The first-order valence-electron chi connectivity index (χ1n) is 8.14. The molecule has 0 aromatic heterocycles. The smallest absolute Gasteiger partial charge is 0.314 e. The molecule has 6 nitrogen and oxygen atoms in total. The molecule has 1 N–H and O–H groups in total. The SMILES string of the molecule is COC[C@@]1(C(=O)O)[C@@H](c2ccc(OC)cc2)[C@@H]1S(=O)(=O)c1ccc(Cl)cc1. The average molecular weight is 411 g/mol. The van der Waals surface area contributed by atoms with Crippen molar-refractivity contribution >= 4 is 27.4 Å². The minimum Gasteiger partial charge on any atom is -0.497 e. The Hall–Kier alpha value is -2.09. The highest BCUT2D eigenvalue weighted by atomic mass is 35.5. The lowest BCUT2D eigenvalue weighted by atomic mass is 10.00. The third kappa shape index (κ3) is 3.20. The lowest BCUT2D eigenvalue weighted by molar-refractivity contribution is -0.145. The first-order chi connectivity index (χ1) is 12.8. The van der Waals surface area contributed by atoms with E-state index in [1.807, 2.05) is 0 Å². The summed E-state index contributed by atoms with van der Waals surface area (Å²) in [6.45, 7) is -0.212. The van der Waals surface area contributed by atoms with Crippen molar-refractivity contribution in [3.63, 3.8) is 0 Å². The molecular formula is C19H19ClO6S. The molecule has 1 aliphatic rings. The van der Waals surface area contributed by atoms with Crippen LogP contribution in [-0.2, 0) is 19.4 Å². The van der Waals surface area contributed by atoms with Crippen LogP contribution in [0.1, 0.15) is 11.5 Å². The molecule has 1 saturated carbocycles. The van der Waals surface area contributed by atoms with Crippen LogP contribution < -0.4 is 4.74 Å². The molecule has 0 heterocycles. The Bertz CT molecular complexity index is 939. The summed E-state index contributed by atoms with van der Waals surface area (Å²) in [4.78, 5) is 12.2. The summed E-state index contributed by atoms with van der Waals surface area (Å²) < 4.78 is 36.7. The second kappa shape index (κ2) is 7.14. The van der Waals surface area contributed by atoms with Crippen LogP contribution in [0.5, 0.6) is 5.75 Å². The Balaban J connectivity index is 2.09. The molecule has 3 rings (SSSR count). The highest BCUT2D eigenvalue weighted by Gasteiger charge is 2.76. The van der Waals surface area contributed by atoms with Gasteiger partial charge in [0, 0.05) is 18.1 Å². The minimum atomic E-state index is -3.92. The first kappa shape index (κ1) is 19.7. The number of carboxylic acid groups (broad SMARTS) is 1. The number of carboxylic acids is 1. The van der Waals surface area contributed by atoms with Crippen molar-refractivity contribution < 1.29 is 27.8 Å². The summed E-state index contributed by atoms with van der Waals surface area (Å²) in [5, 5.41) is 9.16. The van der Waals surface area contributed by atoms with Gasteiger partial charge in [0.25, 0.3) is 0 Å². The maximum absolute atomic E-state index is 13.2. The van der Waals surface area contributed by atoms with Crippen LogP contribution in [0.4, 0.5) is 0 Å². The summed E-state index contributed by atoms with van der Waals surface area (Å²) in [5.41, 5.74) is -0.945. The minimum absolute atomic E-state index is 0.0367. The molecule has 2 aromatic carbocycles. The second-order valence-corrected chi connectivity index (χ2v) is 8.95. The Labute approximate surface area is 162 Å². The van der Waals surface area contributed by atoms with Crippen LogP contribution in [0, 0.1) is 5.41 Å². The topological polar surface area (TPSA) is 89.9 Å². The van der Waals surface area contributed by atoms with Crippen LogP contribution in [0.15, 0.2) is 53.4 Å². The molecular weight excluding hydrogens is 392 g/mol. The number of ether oxygens (including phenoxy) is 2. The summed E-state index contributed by atoms with van der Waals surface area (Å²) >= 11 is 5.85. The molecule has 1 fully saturated rings. The molecule has 0 aliphatic heterocycles. The van der Waals surface area contributed by atoms with Crippen molar-refractivity contribution in [1.29, 1.82) is 0 Å². The number of halogens is 1. The number of aliphatic carboxylic acids is 1. The van der Waals surface area contributed by atoms with Gasteiger partial charge in [0.2, 0.25) is 0 Å². The van der Waals surface area contributed by atoms with E-state index in [-0.39, 0.29) is 11.5 Å². The molecule has 0 amide bonds. The summed E-state index contributed by atoms with van der Waals surface area (Å²) in [7, 11) is -1.04. The Morgan fingerprint density at radius 1 is 1.11 bits per heavy atom. The molecule has 0 spiro atoms. The number of hydrogen-bond donors (Lipinski definition) is 1. The van der Waals surface area contributed by atoms with Crippen LogP contribution in [0.25, 0.3) is 0 Å². The van der Waals surface area contributed by atoms with Gasteiger partial charge in [-0.3, -0.25) is 4.79 Å². The van der Waals surface area contributed by atoms with E-state index in [9.17, 15) is 18.3 Å². The van der Waals surface area contributed by atoms with Gasteiger partial charge in [-0.15, -0.1) is 0 Å². The van der Waals surface area contributed by atoms with Crippen molar-refractivity contribution in [2.75, 3.05) is 20.8 Å². The van der Waals surface area contributed by atoms with Gasteiger partial charge in [0.15, 0.2) is 9.84 Å². The molecule has 0 radical (unpaired) electrons. The average Bonchev–Trinajstić information content (AvgIpc) is 3.33. The van der Waals surface area contributed by atoms with Crippen molar-refractivity contribution in [3.8, 4) is 5.75 Å². The molecule has 1 aliphatic carbocycles. The second-order valence-electron chi connectivity index (χ2n) is 6.45.